The summed E-state index contributed by atoms with van der Waals surface area (Å²) < 4.78 is 5.17. The largest absolute Gasteiger partial charge is 0.495 e. The summed E-state index contributed by atoms with van der Waals surface area (Å²) >= 11 is 1.42. The number of amides is 1. The van der Waals surface area contributed by atoms with E-state index < -0.39 is 0 Å². The summed E-state index contributed by atoms with van der Waals surface area (Å²) in [5.41, 5.74) is 0. The maximum Gasteiger partial charge on any atom is 0.265 e. The molecule has 2 atom stereocenters. The summed E-state index contributed by atoms with van der Waals surface area (Å²) in [6.07, 6.45) is 2.36. The van der Waals surface area contributed by atoms with E-state index in [4.69, 9.17) is 4.74 Å². The SMILES string of the molecule is COc1ccsc1C(=O)NC(C)C1CCCNC1. The van der Waals surface area contributed by atoms with Crippen LogP contribution in [0.3, 0.4) is 0 Å². The maximum absolute atomic E-state index is 12.1. The number of piperidine rings is 1. The van der Waals surface area contributed by atoms with E-state index in [2.05, 4.69) is 17.6 Å². The van der Waals surface area contributed by atoms with E-state index >= 15 is 0 Å². The molecule has 100 valence electrons. The van der Waals surface area contributed by atoms with E-state index in [0.717, 1.165) is 13.1 Å². The molecular formula is C13H20N2O2S. The van der Waals surface area contributed by atoms with Crippen LogP contribution in [0.5, 0.6) is 5.75 Å². The van der Waals surface area contributed by atoms with Gasteiger partial charge in [-0.1, -0.05) is 0 Å². The third-order valence-corrected chi connectivity index (χ3v) is 4.35. The number of nitrogens with one attached hydrogen (secondary N) is 2. The fourth-order valence-corrected chi connectivity index (χ4v) is 3.08. The van der Waals surface area contributed by atoms with Gasteiger partial charge in [-0.2, -0.15) is 0 Å². The lowest BCUT2D eigenvalue weighted by atomic mass is 9.93. The molecule has 18 heavy (non-hydrogen) atoms. The molecule has 2 N–H and O–H groups in total. The number of hydrogen-bond donors (Lipinski definition) is 2. The van der Waals surface area contributed by atoms with Crippen LogP contribution in [0.2, 0.25) is 0 Å². The Morgan fingerprint density at radius 1 is 1.67 bits per heavy atom. The number of hydrogen-bond acceptors (Lipinski definition) is 4. The Kier molecular flexibility index (Phi) is 4.60. The highest BCUT2D eigenvalue weighted by Gasteiger charge is 2.23. The normalized spacial score (nSPS) is 21.3. The molecule has 1 aromatic heterocycles. The lowest BCUT2D eigenvalue weighted by Crippen LogP contribution is -2.44. The fraction of sp³-hybridized carbons (Fsp3) is 0.615. The predicted molar refractivity (Wildman–Crippen MR) is 73.4 cm³/mol. The topological polar surface area (TPSA) is 50.4 Å². The Morgan fingerprint density at radius 2 is 2.50 bits per heavy atom. The zero-order valence-corrected chi connectivity index (χ0v) is 11.7. The molecule has 0 saturated carbocycles. The lowest BCUT2D eigenvalue weighted by molar-refractivity contribution is 0.0923. The highest BCUT2D eigenvalue weighted by molar-refractivity contribution is 7.12. The molecular weight excluding hydrogens is 248 g/mol. The van der Waals surface area contributed by atoms with Gasteiger partial charge in [-0.15, -0.1) is 11.3 Å². The van der Waals surface area contributed by atoms with Gasteiger partial charge in [0.1, 0.15) is 10.6 Å². The van der Waals surface area contributed by atoms with Crippen LogP contribution in [0.4, 0.5) is 0 Å². The zero-order valence-electron chi connectivity index (χ0n) is 10.9. The molecule has 2 unspecified atom stereocenters. The second-order valence-electron chi connectivity index (χ2n) is 4.69. The van der Waals surface area contributed by atoms with E-state index in [9.17, 15) is 4.79 Å². The van der Waals surface area contributed by atoms with E-state index in [0.29, 0.717) is 16.5 Å². The van der Waals surface area contributed by atoms with Crippen LogP contribution >= 0.6 is 11.3 Å². The smallest absolute Gasteiger partial charge is 0.265 e. The van der Waals surface area contributed by atoms with Gasteiger partial charge in [-0.3, -0.25) is 4.79 Å². The van der Waals surface area contributed by atoms with Gasteiger partial charge in [0, 0.05) is 6.04 Å². The fourth-order valence-electron chi connectivity index (χ4n) is 2.32. The van der Waals surface area contributed by atoms with E-state index in [1.807, 2.05) is 11.4 Å². The van der Waals surface area contributed by atoms with Crippen molar-refractivity contribution in [2.75, 3.05) is 20.2 Å². The summed E-state index contributed by atoms with van der Waals surface area (Å²) in [6, 6.07) is 2.02. The molecule has 2 rings (SSSR count). The molecule has 1 aliphatic heterocycles. The molecule has 0 aliphatic carbocycles. The minimum Gasteiger partial charge on any atom is -0.495 e. The molecule has 5 heteroatoms. The Bertz CT molecular complexity index is 399. The first-order chi connectivity index (χ1) is 8.72. The number of thiophene rings is 1. The average molecular weight is 268 g/mol. The zero-order chi connectivity index (χ0) is 13.0. The third-order valence-electron chi connectivity index (χ3n) is 3.46. The quantitative estimate of drug-likeness (QED) is 0.876. The number of methoxy groups -OCH3 is 1. The Hall–Kier alpha value is -1.07. The summed E-state index contributed by atoms with van der Waals surface area (Å²) in [7, 11) is 1.59. The third kappa shape index (κ3) is 3.03. The Morgan fingerprint density at radius 3 is 3.17 bits per heavy atom. The summed E-state index contributed by atoms with van der Waals surface area (Å²) in [5, 5.41) is 8.33. The number of rotatable bonds is 4. The van der Waals surface area contributed by atoms with E-state index in [1.54, 1.807) is 7.11 Å². The molecule has 0 radical (unpaired) electrons. The Balaban J connectivity index is 1.94. The first kappa shape index (κ1) is 13.4. The van der Waals surface area contributed by atoms with Gasteiger partial charge in [0.05, 0.1) is 7.11 Å². The number of carbonyl (C=O) groups excluding carboxylic acids is 1. The van der Waals surface area contributed by atoms with Gasteiger partial charge < -0.3 is 15.4 Å². The van der Waals surface area contributed by atoms with Crippen molar-refractivity contribution >= 4 is 17.2 Å². The Labute approximate surface area is 112 Å². The van der Waals surface area contributed by atoms with Crippen molar-refractivity contribution in [1.29, 1.82) is 0 Å². The van der Waals surface area contributed by atoms with Crippen molar-refractivity contribution in [2.24, 2.45) is 5.92 Å². The number of ether oxygens (including phenoxy) is 1. The van der Waals surface area contributed by atoms with E-state index in [-0.39, 0.29) is 11.9 Å². The molecule has 1 aromatic rings. The molecule has 0 spiro atoms. The molecule has 1 fully saturated rings. The van der Waals surface area contributed by atoms with Gasteiger partial charge in [0.25, 0.3) is 5.91 Å². The van der Waals surface area contributed by atoms with E-state index in [1.165, 1.54) is 24.2 Å². The summed E-state index contributed by atoms with van der Waals surface area (Å²) in [4.78, 5) is 12.8. The van der Waals surface area contributed by atoms with Crippen molar-refractivity contribution in [3.8, 4) is 5.75 Å². The molecule has 2 heterocycles. The highest BCUT2D eigenvalue weighted by Crippen LogP contribution is 2.24. The van der Waals surface area contributed by atoms with Crippen molar-refractivity contribution in [2.45, 2.75) is 25.8 Å². The van der Waals surface area contributed by atoms with Crippen LogP contribution < -0.4 is 15.4 Å². The van der Waals surface area contributed by atoms with Crippen LogP contribution in [0, 0.1) is 5.92 Å². The van der Waals surface area contributed by atoms with Crippen LogP contribution in [0.1, 0.15) is 29.4 Å². The second kappa shape index (κ2) is 6.20. The summed E-state index contributed by atoms with van der Waals surface area (Å²) in [5.74, 6) is 1.15. The molecule has 0 aromatic carbocycles. The van der Waals surface area contributed by atoms with Crippen LogP contribution in [0.15, 0.2) is 11.4 Å². The summed E-state index contributed by atoms with van der Waals surface area (Å²) in [6.45, 7) is 4.16. The van der Waals surface area contributed by atoms with Gasteiger partial charge in [-0.25, -0.2) is 0 Å². The molecule has 4 nitrogen and oxygen atoms in total. The second-order valence-corrected chi connectivity index (χ2v) is 5.60. The van der Waals surface area contributed by atoms with Crippen molar-refractivity contribution in [3.63, 3.8) is 0 Å². The number of carbonyl (C=O) groups is 1. The van der Waals surface area contributed by atoms with Gasteiger partial charge >= 0.3 is 0 Å². The lowest BCUT2D eigenvalue weighted by Gasteiger charge is -2.28. The highest BCUT2D eigenvalue weighted by atomic mass is 32.1. The standard InChI is InChI=1S/C13H20N2O2S/c1-9(10-4-3-6-14-8-10)15-13(16)12-11(17-2)5-7-18-12/h5,7,9-10,14H,3-4,6,8H2,1-2H3,(H,15,16). The maximum atomic E-state index is 12.1. The monoisotopic (exact) mass is 268 g/mol. The van der Waals surface area contributed by atoms with Crippen LogP contribution in [0.25, 0.3) is 0 Å². The first-order valence-corrected chi connectivity index (χ1v) is 7.23. The minimum atomic E-state index is -0.0278. The van der Waals surface area contributed by atoms with Crippen molar-refractivity contribution in [3.05, 3.63) is 16.3 Å². The average Bonchev–Trinajstić information content (AvgIpc) is 2.88. The molecule has 1 saturated heterocycles. The minimum absolute atomic E-state index is 0.0278. The van der Waals surface area contributed by atoms with Gasteiger partial charge in [0.15, 0.2) is 0 Å². The van der Waals surface area contributed by atoms with Crippen LogP contribution in [-0.4, -0.2) is 32.1 Å². The molecule has 1 aliphatic rings. The van der Waals surface area contributed by atoms with Crippen molar-refractivity contribution in [1.82, 2.24) is 10.6 Å². The van der Waals surface area contributed by atoms with Gasteiger partial charge in [0.2, 0.25) is 0 Å². The van der Waals surface area contributed by atoms with Gasteiger partial charge in [-0.05, 0) is 50.2 Å². The molecule has 0 bridgehead atoms. The first-order valence-electron chi connectivity index (χ1n) is 6.35. The van der Waals surface area contributed by atoms with Crippen LogP contribution in [-0.2, 0) is 0 Å². The molecule has 1 amide bonds. The van der Waals surface area contributed by atoms with Crippen molar-refractivity contribution < 1.29 is 9.53 Å². The predicted octanol–water partition coefficient (Wildman–Crippen LogP) is 1.87.